The summed E-state index contributed by atoms with van der Waals surface area (Å²) < 4.78 is 1.79. The van der Waals surface area contributed by atoms with Gasteiger partial charge in [-0.1, -0.05) is 42.1 Å². The average molecular weight is 345 g/mol. The molecule has 0 spiro atoms. The van der Waals surface area contributed by atoms with Crippen molar-refractivity contribution in [3.8, 4) is 0 Å². The predicted molar refractivity (Wildman–Crippen MR) is 90.3 cm³/mol. The van der Waals surface area contributed by atoms with Gasteiger partial charge < -0.3 is 9.88 Å². The smallest absolute Gasteiger partial charge is 0.231 e. The van der Waals surface area contributed by atoms with Crippen LogP contribution in [0.1, 0.15) is 16.6 Å². The van der Waals surface area contributed by atoms with Crippen LogP contribution in [0.25, 0.3) is 0 Å². The Morgan fingerprint density at radius 2 is 2.22 bits per heavy atom. The van der Waals surface area contributed by atoms with E-state index in [-0.39, 0.29) is 17.7 Å². The highest BCUT2D eigenvalue weighted by Gasteiger charge is 2.19. The number of aryl methyl sites for hydroxylation is 1. The van der Waals surface area contributed by atoms with E-state index < -0.39 is 0 Å². The Morgan fingerprint density at radius 3 is 2.87 bits per heavy atom. The maximum atomic E-state index is 12.3. The van der Waals surface area contributed by atoms with Crippen molar-refractivity contribution in [2.45, 2.75) is 11.2 Å². The maximum absolute atomic E-state index is 12.3. The fourth-order valence-electron chi connectivity index (χ4n) is 2.05. The minimum absolute atomic E-state index is 0.0675. The lowest BCUT2D eigenvalue weighted by Gasteiger charge is -2.16. The van der Waals surface area contributed by atoms with Crippen LogP contribution in [-0.2, 0) is 11.8 Å². The molecule has 0 saturated heterocycles. The second-order valence-electron chi connectivity index (χ2n) is 4.79. The molecule has 0 aliphatic carbocycles. The lowest BCUT2D eigenvalue weighted by Crippen LogP contribution is -2.30. The third-order valence-corrected chi connectivity index (χ3v) is 5.01. The lowest BCUT2D eigenvalue weighted by molar-refractivity contribution is -0.119. The predicted octanol–water partition coefficient (Wildman–Crippen LogP) is 2.27. The van der Waals surface area contributed by atoms with Crippen LogP contribution in [-0.4, -0.2) is 31.4 Å². The van der Waals surface area contributed by atoms with E-state index >= 15 is 0 Å². The van der Waals surface area contributed by atoms with Crippen molar-refractivity contribution < 1.29 is 4.79 Å². The molecule has 1 atom stereocenters. The largest absolute Gasteiger partial charge is 0.342 e. The van der Waals surface area contributed by atoms with E-state index in [1.54, 1.807) is 17.1 Å². The molecule has 0 fully saturated rings. The number of aromatic nitrogens is 4. The Labute approximate surface area is 142 Å². The quantitative estimate of drug-likeness (QED) is 0.694. The van der Waals surface area contributed by atoms with Crippen LogP contribution in [0, 0.1) is 0 Å². The van der Waals surface area contributed by atoms with Crippen molar-refractivity contribution in [1.29, 1.82) is 0 Å². The van der Waals surface area contributed by atoms with Gasteiger partial charge >= 0.3 is 0 Å². The molecule has 1 amide bonds. The first-order valence-corrected chi connectivity index (χ1v) is 8.81. The third kappa shape index (κ3) is 3.96. The number of hydrogen-bond acceptors (Lipinski definition) is 6. The molecule has 23 heavy (non-hydrogen) atoms. The van der Waals surface area contributed by atoms with Gasteiger partial charge in [-0.05, 0) is 5.56 Å². The average Bonchev–Trinajstić information content (AvgIpc) is 3.23. The Balaban J connectivity index is 1.69. The summed E-state index contributed by atoms with van der Waals surface area (Å²) in [7, 11) is 1.85. The summed E-state index contributed by atoms with van der Waals surface area (Å²) in [6.45, 7) is 0. The molecule has 0 saturated carbocycles. The zero-order valence-corrected chi connectivity index (χ0v) is 14.0. The molecule has 0 radical (unpaired) electrons. The molecule has 0 aliphatic rings. The van der Waals surface area contributed by atoms with Crippen molar-refractivity contribution in [2.75, 3.05) is 5.75 Å². The Morgan fingerprint density at radius 1 is 1.39 bits per heavy atom. The molecule has 8 heteroatoms. The zero-order valence-electron chi connectivity index (χ0n) is 12.4. The number of hydrogen-bond donors (Lipinski definition) is 1. The summed E-state index contributed by atoms with van der Waals surface area (Å²) in [4.78, 5) is 16.7. The molecule has 1 unspecified atom stereocenters. The van der Waals surface area contributed by atoms with E-state index in [2.05, 4.69) is 20.5 Å². The number of carbonyl (C=O) groups excluding carboxylic acids is 1. The van der Waals surface area contributed by atoms with Crippen molar-refractivity contribution in [3.05, 3.63) is 58.8 Å². The number of amides is 1. The first kappa shape index (κ1) is 15.7. The second-order valence-corrected chi connectivity index (χ2v) is 6.66. The van der Waals surface area contributed by atoms with Crippen molar-refractivity contribution in [2.24, 2.45) is 7.05 Å². The van der Waals surface area contributed by atoms with E-state index in [0.29, 0.717) is 5.16 Å². The topological polar surface area (TPSA) is 72.7 Å². The Kier molecular flexibility index (Phi) is 5.04. The van der Waals surface area contributed by atoms with E-state index in [4.69, 9.17) is 0 Å². The van der Waals surface area contributed by atoms with Crippen LogP contribution < -0.4 is 5.32 Å². The number of thiazole rings is 1. The molecule has 2 heterocycles. The highest BCUT2D eigenvalue weighted by molar-refractivity contribution is 7.99. The summed E-state index contributed by atoms with van der Waals surface area (Å²) in [5, 5.41) is 14.3. The fraction of sp³-hybridized carbons (Fsp3) is 0.200. The van der Waals surface area contributed by atoms with Crippen molar-refractivity contribution in [1.82, 2.24) is 25.1 Å². The van der Waals surface area contributed by atoms with Gasteiger partial charge in [0.2, 0.25) is 5.91 Å². The standard InChI is InChI=1S/C15H15N5OS2/c1-20-10-17-19-15(20)23-9-12(21)18-13(14-16-7-8-22-14)11-5-3-2-4-6-11/h2-8,10,13H,9H2,1H3,(H,18,21). The molecule has 0 aliphatic heterocycles. The number of nitrogens with one attached hydrogen (secondary N) is 1. The van der Waals surface area contributed by atoms with Crippen molar-refractivity contribution >= 4 is 29.0 Å². The first-order chi connectivity index (χ1) is 11.2. The van der Waals surface area contributed by atoms with Gasteiger partial charge in [0.05, 0.1) is 5.75 Å². The van der Waals surface area contributed by atoms with Crippen LogP contribution >= 0.6 is 23.1 Å². The number of nitrogens with zero attached hydrogens (tertiary/aromatic N) is 4. The number of thioether (sulfide) groups is 1. The SMILES string of the molecule is Cn1cnnc1SCC(=O)NC(c1ccccc1)c1nccs1. The molecule has 2 aromatic heterocycles. The fourth-order valence-corrected chi connectivity index (χ4v) is 3.46. The van der Waals surface area contributed by atoms with Crippen LogP contribution in [0.15, 0.2) is 53.4 Å². The van der Waals surface area contributed by atoms with Gasteiger partial charge in [0.15, 0.2) is 5.16 Å². The Bertz CT molecular complexity index is 757. The number of rotatable bonds is 6. The molecule has 0 bridgehead atoms. The van der Waals surface area contributed by atoms with Gasteiger partial charge in [0.25, 0.3) is 0 Å². The van der Waals surface area contributed by atoms with Crippen LogP contribution in [0.2, 0.25) is 0 Å². The molecule has 6 nitrogen and oxygen atoms in total. The molecular weight excluding hydrogens is 330 g/mol. The summed E-state index contributed by atoms with van der Waals surface area (Å²) in [5.41, 5.74) is 1.01. The summed E-state index contributed by atoms with van der Waals surface area (Å²) in [5.74, 6) is 0.211. The lowest BCUT2D eigenvalue weighted by atomic mass is 10.1. The molecule has 3 aromatic rings. The maximum Gasteiger partial charge on any atom is 0.231 e. The van der Waals surface area contributed by atoms with E-state index in [9.17, 15) is 4.79 Å². The first-order valence-electron chi connectivity index (χ1n) is 6.94. The van der Waals surface area contributed by atoms with Crippen LogP contribution in [0.5, 0.6) is 0 Å². The van der Waals surface area contributed by atoms with Gasteiger partial charge in [-0.2, -0.15) is 0 Å². The summed E-state index contributed by atoms with van der Waals surface area (Å²) in [6.07, 6.45) is 3.36. The van der Waals surface area contributed by atoms with Gasteiger partial charge in [-0.25, -0.2) is 4.98 Å². The molecular formula is C15H15N5OS2. The zero-order chi connectivity index (χ0) is 16.1. The summed E-state index contributed by atoms with van der Waals surface area (Å²) >= 11 is 2.88. The molecule has 1 aromatic carbocycles. The highest BCUT2D eigenvalue weighted by Crippen LogP contribution is 2.24. The van der Waals surface area contributed by atoms with E-state index in [1.807, 2.05) is 42.8 Å². The minimum Gasteiger partial charge on any atom is -0.342 e. The van der Waals surface area contributed by atoms with Gasteiger partial charge in [-0.3, -0.25) is 4.79 Å². The third-order valence-electron chi connectivity index (χ3n) is 3.14. The van der Waals surface area contributed by atoms with Crippen LogP contribution in [0.3, 0.4) is 0 Å². The number of carbonyl (C=O) groups is 1. The summed E-state index contributed by atoms with van der Waals surface area (Å²) in [6, 6.07) is 9.61. The number of benzene rings is 1. The molecule has 3 rings (SSSR count). The monoisotopic (exact) mass is 345 g/mol. The van der Waals surface area contributed by atoms with Crippen LogP contribution in [0.4, 0.5) is 0 Å². The molecule has 1 N–H and O–H groups in total. The van der Waals surface area contributed by atoms with E-state index in [1.165, 1.54) is 23.1 Å². The normalized spacial score (nSPS) is 12.0. The van der Waals surface area contributed by atoms with E-state index in [0.717, 1.165) is 10.6 Å². The van der Waals surface area contributed by atoms with Gasteiger partial charge in [-0.15, -0.1) is 21.5 Å². The molecule has 118 valence electrons. The van der Waals surface area contributed by atoms with Crippen molar-refractivity contribution in [3.63, 3.8) is 0 Å². The minimum atomic E-state index is -0.233. The highest BCUT2D eigenvalue weighted by atomic mass is 32.2. The Hall–Kier alpha value is -2.19. The van der Waals surface area contributed by atoms with Gasteiger partial charge in [0, 0.05) is 18.6 Å². The van der Waals surface area contributed by atoms with Gasteiger partial charge in [0.1, 0.15) is 17.4 Å². The second kappa shape index (κ2) is 7.38.